The predicted molar refractivity (Wildman–Crippen MR) is 122 cm³/mol. The molecule has 0 radical (unpaired) electrons. The van der Waals surface area contributed by atoms with E-state index in [9.17, 15) is 4.79 Å². The second-order valence-electron chi connectivity index (χ2n) is 7.50. The molecule has 3 aromatic rings. The Morgan fingerprint density at radius 3 is 2.33 bits per heavy atom. The van der Waals surface area contributed by atoms with Gasteiger partial charge in [0.05, 0.1) is 11.9 Å². The standard InChI is InChI=1S/C25H32N4O/c1-3-28(4-2)24(17-21-11-7-5-8-12-21)19-26-25(30)16-15-22-18-27-29(20-22)23-13-9-6-10-14-23/h5-14,18,20,24H,3-4,15-17,19H2,1-2H3,(H,26,30). The number of para-hydroxylation sites is 1. The highest BCUT2D eigenvalue weighted by Gasteiger charge is 2.17. The van der Waals surface area contributed by atoms with E-state index in [-0.39, 0.29) is 5.91 Å². The van der Waals surface area contributed by atoms with Crippen molar-refractivity contribution in [1.82, 2.24) is 20.0 Å². The van der Waals surface area contributed by atoms with E-state index in [0.717, 1.165) is 30.8 Å². The molecule has 1 atom stereocenters. The van der Waals surface area contributed by atoms with Crippen molar-refractivity contribution in [2.45, 2.75) is 39.2 Å². The second-order valence-corrected chi connectivity index (χ2v) is 7.50. The average Bonchev–Trinajstić information content (AvgIpc) is 3.27. The Labute approximate surface area is 179 Å². The Morgan fingerprint density at radius 2 is 1.67 bits per heavy atom. The van der Waals surface area contributed by atoms with E-state index in [2.05, 4.69) is 53.4 Å². The lowest BCUT2D eigenvalue weighted by molar-refractivity contribution is -0.121. The first kappa shape index (κ1) is 21.8. The van der Waals surface area contributed by atoms with Crippen molar-refractivity contribution < 1.29 is 4.79 Å². The topological polar surface area (TPSA) is 50.2 Å². The van der Waals surface area contributed by atoms with Gasteiger partial charge in [0, 0.05) is 25.2 Å². The minimum atomic E-state index is 0.0904. The van der Waals surface area contributed by atoms with Gasteiger partial charge >= 0.3 is 0 Å². The molecule has 0 saturated heterocycles. The second kappa shape index (κ2) is 11.3. The number of rotatable bonds is 11. The molecule has 1 unspecified atom stereocenters. The van der Waals surface area contributed by atoms with E-state index >= 15 is 0 Å². The first-order valence-electron chi connectivity index (χ1n) is 10.8. The number of hydrogen-bond acceptors (Lipinski definition) is 3. The van der Waals surface area contributed by atoms with Crippen LogP contribution in [0.2, 0.25) is 0 Å². The van der Waals surface area contributed by atoms with Crippen LogP contribution in [0.1, 0.15) is 31.4 Å². The van der Waals surface area contributed by atoms with Gasteiger partial charge in [0.15, 0.2) is 0 Å². The van der Waals surface area contributed by atoms with Crippen molar-refractivity contribution in [3.8, 4) is 5.69 Å². The number of likely N-dealkylation sites (N-methyl/N-ethyl adjacent to an activating group) is 1. The summed E-state index contributed by atoms with van der Waals surface area (Å²) in [4.78, 5) is 14.9. The number of carbonyl (C=O) groups is 1. The average molecular weight is 405 g/mol. The fourth-order valence-electron chi connectivity index (χ4n) is 3.75. The normalized spacial score (nSPS) is 12.1. The zero-order valence-electron chi connectivity index (χ0n) is 18.0. The summed E-state index contributed by atoms with van der Waals surface area (Å²) in [5.41, 5.74) is 3.40. The summed E-state index contributed by atoms with van der Waals surface area (Å²) >= 11 is 0. The molecule has 3 rings (SSSR count). The molecule has 1 amide bonds. The monoisotopic (exact) mass is 404 g/mol. The van der Waals surface area contributed by atoms with E-state index in [1.165, 1.54) is 5.56 Å². The summed E-state index contributed by atoms with van der Waals surface area (Å²) < 4.78 is 1.85. The minimum absolute atomic E-state index is 0.0904. The van der Waals surface area contributed by atoms with E-state index < -0.39 is 0 Å². The lowest BCUT2D eigenvalue weighted by atomic mass is 10.0. The summed E-state index contributed by atoms with van der Waals surface area (Å²) in [6, 6.07) is 20.8. The Balaban J connectivity index is 1.51. The minimum Gasteiger partial charge on any atom is -0.355 e. The summed E-state index contributed by atoms with van der Waals surface area (Å²) in [7, 11) is 0. The predicted octanol–water partition coefficient (Wildman–Crippen LogP) is 3.87. The first-order chi connectivity index (χ1) is 14.7. The molecule has 158 valence electrons. The van der Waals surface area contributed by atoms with Crippen molar-refractivity contribution in [3.63, 3.8) is 0 Å². The van der Waals surface area contributed by atoms with Crippen molar-refractivity contribution in [1.29, 1.82) is 0 Å². The number of aromatic nitrogens is 2. The zero-order chi connectivity index (χ0) is 21.2. The summed E-state index contributed by atoms with van der Waals surface area (Å²) in [5, 5.41) is 7.56. The molecule has 0 bridgehead atoms. The van der Waals surface area contributed by atoms with Crippen molar-refractivity contribution in [2.75, 3.05) is 19.6 Å². The Bertz CT molecular complexity index is 888. The lowest BCUT2D eigenvalue weighted by Gasteiger charge is -2.30. The quantitative estimate of drug-likeness (QED) is 0.528. The molecule has 5 heteroatoms. The highest BCUT2D eigenvalue weighted by Crippen LogP contribution is 2.11. The third-order valence-corrected chi connectivity index (χ3v) is 5.48. The Morgan fingerprint density at radius 1 is 1.00 bits per heavy atom. The van der Waals surface area contributed by atoms with Crippen LogP contribution in [-0.2, 0) is 17.6 Å². The maximum Gasteiger partial charge on any atom is 0.220 e. The van der Waals surface area contributed by atoms with Gasteiger partial charge in [0.2, 0.25) is 5.91 Å². The van der Waals surface area contributed by atoms with Gasteiger partial charge in [0.1, 0.15) is 0 Å². The molecule has 0 aliphatic heterocycles. The first-order valence-corrected chi connectivity index (χ1v) is 10.8. The van der Waals surface area contributed by atoms with Gasteiger partial charge in [-0.1, -0.05) is 62.4 Å². The number of carbonyl (C=O) groups excluding carboxylic acids is 1. The van der Waals surface area contributed by atoms with E-state index in [1.807, 2.05) is 53.5 Å². The molecule has 30 heavy (non-hydrogen) atoms. The third-order valence-electron chi connectivity index (χ3n) is 5.48. The molecule has 0 fully saturated rings. The molecule has 0 saturated carbocycles. The summed E-state index contributed by atoms with van der Waals surface area (Å²) in [6.07, 6.45) is 5.93. The van der Waals surface area contributed by atoms with E-state index in [0.29, 0.717) is 25.4 Å². The third kappa shape index (κ3) is 6.29. The number of benzene rings is 2. The van der Waals surface area contributed by atoms with E-state index in [1.54, 1.807) is 0 Å². The van der Waals surface area contributed by atoms with Crippen LogP contribution in [0.4, 0.5) is 0 Å². The molecule has 2 aromatic carbocycles. The summed E-state index contributed by atoms with van der Waals surface area (Å²) in [5.74, 6) is 0.0904. The molecule has 0 aliphatic carbocycles. The van der Waals surface area contributed by atoms with Gasteiger partial charge in [-0.15, -0.1) is 0 Å². The Kier molecular flexibility index (Phi) is 8.21. The largest absolute Gasteiger partial charge is 0.355 e. The number of nitrogens with zero attached hydrogens (tertiary/aromatic N) is 3. The van der Waals surface area contributed by atoms with Crippen LogP contribution in [0.15, 0.2) is 73.1 Å². The van der Waals surface area contributed by atoms with Gasteiger partial charge in [-0.3, -0.25) is 9.69 Å². The number of amides is 1. The summed E-state index contributed by atoms with van der Waals surface area (Å²) in [6.45, 7) is 6.96. The van der Waals surface area contributed by atoms with Crippen molar-refractivity contribution in [3.05, 3.63) is 84.2 Å². The number of aryl methyl sites for hydroxylation is 1. The van der Waals surface area contributed by atoms with Crippen LogP contribution >= 0.6 is 0 Å². The Hall–Kier alpha value is -2.92. The molecule has 0 aliphatic rings. The molecule has 0 spiro atoms. The molecule has 1 heterocycles. The highest BCUT2D eigenvalue weighted by molar-refractivity contribution is 5.76. The smallest absolute Gasteiger partial charge is 0.220 e. The van der Waals surface area contributed by atoms with Crippen LogP contribution < -0.4 is 5.32 Å². The van der Waals surface area contributed by atoms with Crippen LogP contribution in [-0.4, -0.2) is 46.3 Å². The highest BCUT2D eigenvalue weighted by atomic mass is 16.1. The maximum absolute atomic E-state index is 12.5. The lowest BCUT2D eigenvalue weighted by Crippen LogP contribution is -2.45. The van der Waals surface area contributed by atoms with E-state index in [4.69, 9.17) is 0 Å². The van der Waals surface area contributed by atoms with Crippen LogP contribution in [0.3, 0.4) is 0 Å². The molecular weight excluding hydrogens is 372 g/mol. The number of nitrogens with one attached hydrogen (secondary N) is 1. The van der Waals surface area contributed by atoms with Gasteiger partial charge in [0.25, 0.3) is 0 Å². The van der Waals surface area contributed by atoms with Crippen LogP contribution in [0.25, 0.3) is 5.69 Å². The molecule has 5 nitrogen and oxygen atoms in total. The van der Waals surface area contributed by atoms with Crippen molar-refractivity contribution >= 4 is 5.91 Å². The van der Waals surface area contributed by atoms with Crippen LogP contribution in [0.5, 0.6) is 0 Å². The van der Waals surface area contributed by atoms with Crippen LogP contribution in [0, 0.1) is 0 Å². The van der Waals surface area contributed by atoms with Gasteiger partial charge in [-0.05, 0) is 49.2 Å². The molecule has 1 N–H and O–H groups in total. The molecule has 1 aromatic heterocycles. The SMILES string of the molecule is CCN(CC)C(CNC(=O)CCc1cnn(-c2ccccc2)c1)Cc1ccccc1. The van der Waals surface area contributed by atoms with Gasteiger partial charge < -0.3 is 5.32 Å². The fraction of sp³-hybridized carbons (Fsp3) is 0.360. The van der Waals surface area contributed by atoms with Gasteiger partial charge in [-0.25, -0.2) is 4.68 Å². The zero-order valence-corrected chi connectivity index (χ0v) is 18.0. The van der Waals surface area contributed by atoms with Crippen molar-refractivity contribution in [2.24, 2.45) is 0 Å². The molecular formula is C25H32N4O. The van der Waals surface area contributed by atoms with Gasteiger partial charge in [-0.2, -0.15) is 5.10 Å². The maximum atomic E-state index is 12.5. The fourth-order valence-corrected chi connectivity index (χ4v) is 3.75. The number of hydrogen-bond donors (Lipinski definition) is 1.